The van der Waals surface area contributed by atoms with Crippen LogP contribution in [0.2, 0.25) is 0 Å². The van der Waals surface area contributed by atoms with Gasteiger partial charge in [0.25, 0.3) is 0 Å². The Kier molecular flexibility index (Phi) is 5.59. The molecule has 1 heterocycles. The molecule has 0 saturated heterocycles. The number of hydrogen-bond acceptors (Lipinski definition) is 4. The zero-order chi connectivity index (χ0) is 17.0. The predicted molar refractivity (Wildman–Crippen MR) is 91.6 cm³/mol. The summed E-state index contributed by atoms with van der Waals surface area (Å²) in [7, 11) is -4.16. The highest BCUT2D eigenvalue weighted by molar-refractivity contribution is 7.85. The van der Waals surface area contributed by atoms with Crippen LogP contribution >= 0.6 is 0 Å². The second kappa shape index (κ2) is 7.27. The Morgan fingerprint density at radius 1 is 1.13 bits per heavy atom. The van der Waals surface area contributed by atoms with E-state index in [1.165, 1.54) is 5.69 Å². The monoisotopic (exact) mass is 336 g/mol. The number of benzene rings is 1. The first-order valence-corrected chi connectivity index (χ1v) is 9.55. The maximum absolute atomic E-state index is 10.8. The lowest BCUT2D eigenvalue weighted by atomic mass is 10.1. The third-order valence-corrected chi connectivity index (χ3v) is 4.93. The van der Waals surface area contributed by atoms with Crippen molar-refractivity contribution in [2.75, 3.05) is 23.7 Å². The number of rotatable bonds is 7. The van der Waals surface area contributed by atoms with Crippen LogP contribution in [0.15, 0.2) is 30.3 Å². The Labute approximate surface area is 138 Å². The minimum absolute atomic E-state index is 0.326. The van der Waals surface area contributed by atoms with Crippen molar-refractivity contribution in [3.63, 3.8) is 0 Å². The smallest absolute Gasteiger partial charge is 0.212 e. The molecule has 2 rings (SSSR count). The second-order valence-corrected chi connectivity index (χ2v) is 7.18. The summed E-state index contributed by atoms with van der Waals surface area (Å²) in [6.45, 7) is 8.68. The van der Waals surface area contributed by atoms with Crippen LogP contribution in [0.3, 0.4) is 0 Å². The largest absolute Gasteiger partial charge is 0.748 e. The van der Waals surface area contributed by atoms with Crippen LogP contribution < -0.4 is 9.47 Å². The molecule has 0 saturated carbocycles. The van der Waals surface area contributed by atoms with Gasteiger partial charge in [0.05, 0.1) is 10.1 Å². The standard InChI is InChI=1S/C17H24N2O3S/c1-4-18(5-2)16-9-10-17-15(13-16)8-7-14(3)19(17)11-6-12-23(20,21)22/h7-10,13H,4-6,11-12H2,1-3H3. The van der Waals surface area contributed by atoms with Crippen molar-refractivity contribution >= 4 is 26.7 Å². The molecule has 2 aromatic rings. The molecule has 1 aromatic heterocycles. The number of nitrogens with zero attached hydrogens (tertiary/aromatic N) is 2. The van der Waals surface area contributed by atoms with Crippen LogP contribution in [-0.4, -0.2) is 31.8 Å². The van der Waals surface area contributed by atoms with Crippen molar-refractivity contribution in [1.82, 2.24) is 0 Å². The molecule has 0 fully saturated rings. The minimum Gasteiger partial charge on any atom is -0.748 e. The first-order chi connectivity index (χ1) is 10.9. The van der Waals surface area contributed by atoms with Crippen molar-refractivity contribution in [1.29, 1.82) is 0 Å². The fourth-order valence-corrected chi connectivity index (χ4v) is 3.38. The van der Waals surface area contributed by atoms with Gasteiger partial charge in [-0.15, -0.1) is 0 Å². The van der Waals surface area contributed by atoms with E-state index in [0.717, 1.165) is 29.7 Å². The summed E-state index contributed by atoms with van der Waals surface area (Å²) in [4.78, 5) is 2.29. The lowest BCUT2D eigenvalue weighted by Gasteiger charge is -2.21. The molecular formula is C17H24N2O3S. The molecule has 23 heavy (non-hydrogen) atoms. The summed E-state index contributed by atoms with van der Waals surface area (Å²) >= 11 is 0. The number of anilines is 1. The molecule has 0 amide bonds. The Bertz CT molecular complexity index is 784. The predicted octanol–water partition coefficient (Wildman–Crippen LogP) is 2.22. The topological polar surface area (TPSA) is 64.3 Å². The average molecular weight is 336 g/mol. The summed E-state index contributed by atoms with van der Waals surface area (Å²) < 4.78 is 34.4. The molecule has 1 aromatic carbocycles. The van der Waals surface area contributed by atoms with Crippen LogP contribution in [0.4, 0.5) is 5.69 Å². The Morgan fingerprint density at radius 2 is 1.83 bits per heavy atom. The van der Waals surface area contributed by atoms with E-state index in [9.17, 15) is 13.0 Å². The van der Waals surface area contributed by atoms with Crippen LogP contribution in [0.5, 0.6) is 0 Å². The van der Waals surface area contributed by atoms with E-state index in [0.29, 0.717) is 13.0 Å². The van der Waals surface area contributed by atoms with E-state index < -0.39 is 10.1 Å². The molecule has 0 aliphatic rings. The fourth-order valence-electron chi connectivity index (χ4n) is 2.89. The Hall–Kier alpha value is -1.66. The van der Waals surface area contributed by atoms with Gasteiger partial charge in [0.1, 0.15) is 6.54 Å². The van der Waals surface area contributed by atoms with Gasteiger partial charge in [-0.2, -0.15) is 4.57 Å². The van der Waals surface area contributed by atoms with Gasteiger partial charge in [-0.1, -0.05) is 0 Å². The van der Waals surface area contributed by atoms with Crippen molar-refractivity contribution in [2.45, 2.75) is 33.7 Å². The normalized spacial score (nSPS) is 11.8. The van der Waals surface area contributed by atoms with Gasteiger partial charge in [0.2, 0.25) is 5.52 Å². The van der Waals surface area contributed by atoms with E-state index >= 15 is 0 Å². The van der Waals surface area contributed by atoms with Crippen LogP contribution in [0.1, 0.15) is 26.0 Å². The zero-order valence-electron chi connectivity index (χ0n) is 13.9. The van der Waals surface area contributed by atoms with Gasteiger partial charge in [-0.05, 0) is 32.0 Å². The van der Waals surface area contributed by atoms with Gasteiger partial charge in [0.15, 0.2) is 5.69 Å². The van der Waals surface area contributed by atoms with Crippen LogP contribution in [0, 0.1) is 6.92 Å². The number of aryl methyl sites for hydroxylation is 2. The van der Waals surface area contributed by atoms with E-state index in [1.54, 1.807) is 0 Å². The SMILES string of the molecule is CCN(CC)c1ccc2c(ccc(C)[n+]2CCCS(=O)(=O)[O-])c1. The van der Waals surface area contributed by atoms with E-state index in [-0.39, 0.29) is 5.75 Å². The van der Waals surface area contributed by atoms with Gasteiger partial charge in [-0.3, -0.25) is 0 Å². The zero-order valence-corrected chi connectivity index (χ0v) is 14.8. The third kappa shape index (κ3) is 4.42. The van der Waals surface area contributed by atoms with E-state index in [1.807, 2.05) is 13.0 Å². The Morgan fingerprint density at radius 3 is 2.43 bits per heavy atom. The number of hydrogen-bond donors (Lipinski definition) is 0. The van der Waals surface area contributed by atoms with Gasteiger partial charge < -0.3 is 9.45 Å². The highest BCUT2D eigenvalue weighted by Gasteiger charge is 2.14. The molecule has 6 heteroatoms. The molecule has 0 unspecified atom stereocenters. The quantitative estimate of drug-likeness (QED) is 0.574. The summed E-state index contributed by atoms with van der Waals surface area (Å²) in [5.74, 6) is -0.326. The summed E-state index contributed by atoms with van der Waals surface area (Å²) in [6, 6.07) is 10.4. The summed E-state index contributed by atoms with van der Waals surface area (Å²) in [6.07, 6.45) is 0.328. The molecule has 0 spiro atoms. The van der Waals surface area contributed by atoms with Crippen molar-refractivity contribution in [2.24, 2.45) is 0 Å². The summed E-state index contributed by atoms with van der Waals surface area (Å²) in [5.41, 5.74) is 3.29. The van der Waals surface area contributed by atoms with Crippen molar-refractivity contribution in [3.05, 3.63) is 36.0 Å². The second-order valence-electron chi connectivity index (χ2n) is 5.66. The van der Waals surface area contributed by atoms with E-state index in [2.05, 4.69) is 47.6 Å². The average Bonchev–Trinajstić information content (AvgIpc) is 2.49. The summed E-state index contributed by atoms with van der Waals surface area (Å²) in [5, 5.41) is 1.12. The molecule has 0 N–H and O–H groups in total. The molecule has 0 radical (unpaired) electrons. The molecule has 0 aliphatic carbocycles. The molecule has 0 bridgehead atoms. The van der Waals surface area contributed by atoms with Crippen molar-refractivity contribution < 1.29 is 17.5 Å². The lowest BCUT2D eigenvalue weighted by Crippen LogP contribution is -2.38. The lowest BCUT2D eigenvalue weighted by molar-refractivity contribution is -0.677. The van der Waals surface area contributed by atoms with Crippen LogP contribution in [0.25, 0.3) is 10.9 Å². The first-order valence-electron chi connectivity index (χ1n) is 7.97. The third-order valence-electron chi connectivity index (χ3n) is 4.14. The first kappa shape index (κ1) is 17.7. The van der Waals surface area contributed by atoms with Crippen molar-refractivity contribution in [3.8, 4) is 0 Å². The molecule has 0 atom stereocenters. The maximum Gasteiger partial charge on any atom is 0.212 e. The van der Waals surface area contributed by atoms with Gasteiger partial charge in [-0.25, -0.2) is 8.42 Å². The molecule has 0 aliphatic heterocycles. The molecular weight excluding hydrogens is 312 g/mol. The van der Waals surface area contributed by atoms with Crippen LogP contribution in [-0.2, 0) is 16.7 Å². The highest BCUT2D eigenvalue weighted by Crippen LogP contribution is 2.20. The van der Waals surface area contributed by atoms with Gasteiger partial charge in [0, 0.05) is 55.4 Å². The van der Waals surface area contributed by atoms with Gasteiger partial charge >= 0.3 is 0 Å². The van der Waals surface area contributed by atoms with E-state index in [4.69, 9.17) is 0 Å². The fraction of sp³-hybridized carbons (Fsp3) is 0.471. The number of fused-ring (bicyclic) bond motifs is 1. The minimum atomic E-state index is -4.16. The maximum atomic E-state index is 10.8. The molecule has 5 nitrogen and oxygen atoms in total. The molecule has 126 valence electrons. The number of aromatic nitrogens is 1. The number of pyridine rings is 1. The Balaban J connectivity index is 2.35. The highest BCUT2D eigenvalue weighted by atomic mass is 32.2.